The number of quaternary nitrogens is 1. The van der Waals surface area contributed by atoms with Gasteiger partial charge in [-0.25, -0.2) is 4.79 Å². The predicted octanol–water partition coefficient (Wildman–Crippen LogP) is 0.310. The van der Waals surface area contributed by atoms with Crippen molar-refractivity contribution in [3.8, 4) is 6.07 Å². The minimum atomic E-state index is -0.568. The number of thioether (sulfide) groups is 1. The van der Waals surface area contributed by atoms with E-state index in [1.54, 1.807) is 16.7 Å². The number of H-pyrrole nitrogens is 2. The Morgan fingerprint density at radius 3 is 2.73 bits per heavy atom. The van der Waals surface area contributed by atoms with E-state index in [-0.39, 0.29) is 0 Å². The lowest BCUT2D eigenvalue weighted by molar-refractivity contribution is -0.902. The summed E-state index contributed by atoms with van der Waals surface area (Å²) in [6.45, 7) is 3.52. The van der Waals surface area contributed by atoms with Crippen LogP contribution in [0, 0.1) is 11.3 Å². The molecule has 8 heteroatoms. The van der Waals surface area contributed by atoms with Crippen molar-refractivity contribution >= 4 is 33.3 Å². The Hall–Kier alpha value is -1.56. The first-order chi connectivity index (χ1) is 10.7. The van der Waals surface area contributed by atoms with E-state index in [0.717, 1.165) is 16.5 Å². The molecule has 2 aromatic heterocycles. The van der Waals surface area contributed by atoms with Gasteiger partial charge in [-0.15, -0.1) is 23.1 Å². The zero-order valence-corrected chi connectivity index (χ0v) is 13.7. The average Bonchev–Trinajstić information content (AvgIpc) is 2.86. The molecule has 116 valence electrons. The summed E-state index contributed by atoms with van der Waals surface area (Å²) in [4.78, 5) is 29.6. The molecule has 1 fully saturated rings. The molecule has 0 bridgehead atoms. The second-order valence-electron chi connectivity index (χ2n) is 5.40. The van der Waals surface area contributed by atoms with Gasteiger partial charge in [0.25, 0.3) is 5.56 Å². The summed E-state index contributed by atoms with van der Waals surface area (Å²) in [6.07, 6.45) is 3.92. The molecule has 0 amide bonds. The minimum Gasteiger partial charge on any atom is -0.334 e. The highest BCUT2D eigenvalue weighted by Gasteiger charge is 2.18. The highest BCUT2D eigenvalue weighted by Crippen LogP contribution is 2.34. The molecular weight excluding hydrogens is 320 g/mol. The Bertz CT molecular complexity index is 824. The van der Waals surface area contributed by atoms with Gasteiger partial charge < -0.3 is 9.88 Å². The van der Waals surface area contributed by atoms with Crippen LogP contribution in [-0.2, 0) is 0 Å². The molecule has 0 radical (unpaired) electrons. The Morgan fingerprint density at radius 1 is 1.23 bits per heavy atom. The van der Waals surface area contributed by atoms with Crippen molar-refractivity contribution in [2.45, 2.75) is 23.5 Å². The summed E-state index contributed by atoms with van der Waals surface area (Å²) < 4.78 is 1.24. The van der Waals surface area contributed by atoms with Gasteiger partial charge in [-0.05, 0) is 19.3 Å². The SMILES string of the molecule is N#Cc1c(SCC[NH+]2CCCCC2)sc2c(=O)[nH]c(=O)[nH]c12. The smallest absolute Gasteiger partial charge is 0.326 e. The van der Waals surface area contributed by atoms with Crippen LogP contribution in [0.1, 0.15) is 24.8 Å². The molecule has 1 aliphatic rings. The highest BCUT2D eigenvalue weighted by atomic mass is 32.2. The summed E-state index contributed by atoms with van der Waals surface area (Å²) in [6, 6.07) is 2.12. The zero-order chi connectivity index (χ0) is 15.5. The summed E-state index contributed by atoms with van der Waals surface area (Å²) in [7, 11) is 0. The average molecular weight is 337 g/mol. The van der Waals surface area contributed by atoms with Crippen LogP contribution >= 0.6 is 23.1 Å². The molecule has 3 rings (SSSR count). The van der Waals surface area contributed by atoms with Crippen molar-refractivity contribution in [1.29, 1.82) is 5.26 Å². The van der Waals surface area contributed by atoms with E-state index in [0.29, 0.717) is 15.8 Å². The molecule has 0 spiro atoms. The van der Waals surface area contributed by atoms with Crippen LogP contribution in [0.4, 0.5) is 0 Å². The van der Waals surface area contributed by atoms with Crippen LogP contribution in [0.25, 0.3) is 10.2 Å². The maximum Gasteiger partial charge on any atom is 0.326 e. The Kier molecular flexibility index (Phi) is 4.66. The second-order valence-corrected chi connectivity index (χ2v) is 7.78. The summed E-state index contributed by atoms with van der Waals surface area (Å²) in [5.74, 6) is 0.916. The second kappa shape index (κ2) is 6.69. The van der Waals surface area contributed by atoms with Crippen LogP contribution in [-0.4, -0.2) is 35.4 Å². The summed E-state index contributed by atoms with van der Waals surface area (Å²) in [5.41, 5.74) is -0.203. The molecule has 6 nitrogen and oxygen atoms in total. The third-order valence-corrected chi connectivity index (χ3v) is 6.37. The molecule has 22 heavy (non-hydrogen) atoms. The fraction of sp³-hybridized carbons (Fsp3) is 0.500. The molecule has 1 aliphatic heterocycles. The monoisotopic (exact) mass is 337 g/mol. The van der Waals surface area contributed by atoms with E-state index in [9.17, 15) is 14.9 Å². The topological polar surface area (TPSA) is 93.9 Å². The molecule has 0 aromatic carbocycles. The Labute approximate surface area is 135 Å². The van der Waals surface area contributed by atoms with Crippen molar-refractivity contribution in [3.05, 3.63) is 26.4 Å². The van der Waals surface area contributed by atoms with Gasteiger partial charge in [-0.1, -0.05) is 0 Å². The third-order valence-electron chi connectivity index (χ3n) is 3.91. The fourth-order valence-electron chi connectivity index (χ4n) is 2.79. The van der Waals surface area contributed by atoms with Gasteiger partial charge in [0.05, 0.1) is 29.4 Å². The van der Waals surface area contributed by atoms with Crippen LogP contribution in [0.5, 0.6) is 0 Å². The van der Waals surface area contributed by atoms with Crippen LogP contribution in [0.3, 0.4) is 0 Å². The van der Waals surface area contributed by atoms with Gasteiger partial charge in [0.15, 0.2) is 0 Å². The molecule has 0 saturated carbocycles. The first kappa shape index (κ1) is 15.3. The summed E-state index contributed by atoms with van der Waals surface area (Å²) >= 11 is 2.89. The number of nitrogens with zero attached hydrogens (tertiary/aromatic N) is 1. The van der Waals surface area contributed by atoms with Gasteiger partial charge in [-0.3, -0.25) is 9.78 Å². The number of rotatable bonds is 4. The molecule has 0 unspecified atom stereocenters. The number of nitrogens with one attached hydrogen (secondary N) is 3. The van der Waals surface area contributed by atoms with E-state index >= 15 is 0 Å². The summed E-state index contributed by atoms with van der Waals surface area (Å²) in [5, 5.41) is 9.34. The largest absolute Gasteiger partial charge is 0.334 e. The van der Waals surface area contributed by atoms with Gasteiger partial charge in [0, 0.05) is 5.75 Å². The zero-order valence-electron chi connectivity index (χ0n) is 12.0. The quantitative estimate of drug-likeness (QED) is 0.700. The highest BCUT2D eigenvalue weighted by molar-refractivity contribution is 8.01. The van der Waals surface area contributed by atoms with Crippen LogP contribution < -0.4 is 16.1 Å². The number of fused-ring (bicyclic) bond motifs is 1. The van der Waals surface area contributed by atoms with Crippen LogP contribution in [0.15, 0.2) is 13.8 Å². The third kappa shape index (κ3) is 3.11. The standard InChI is InChI=1S/C14H16N4O2S2/c15-8-9-10-11(12(19)17-14(20)16-10)22-13(9)21-7-6-18-4-2-1-3-5-18/h1-7H2,(H2,16,17,19,20)/p+1. The molecular formula is C14H17N4O2S2+. The predicted molar refractivity (Wildman–Crippen MR) is 87.9 cm³/mol. The number of likely N-dealkylation sites (tertiary alicyclic amines) is 1. The van der Waals surface area contributed by atoms with Crippen molar-refractivity contribution in [1.82, 2.24) is 9.97 Å². The molecule has 0 atom stereocenters. The van der Waals surface area contributed by atoms with E-state index < -0.39 is 11.2 Å². The van der Waals surface area contributed by atoms with Gasteiger partial charge in [0.2, 0.25) is 0 Å². The van der Waals surface area contributed by atoms with Crippen molar-refractivity contribution in [2.24, 2.45) is 0 Å². The van der Waals surface area contributed by atoms with E-state index in [1.165, 1.54) is 43.7 Å². The van der Waals surface area contributed by atoms with Gasteiger partial charge in [0.1, 0.15) is 16.3 Å². The Morgan fingerprint density at radius 2 is 2.00 bits per heavy atom. The van der Waals surface area contributed by atoms with Crippen LogP contribution in [0.2, 0.25) is 0 Å². The van der Waals surface area contributed by atoms with E-state index in [4.69, 9.17) is 0 Å². The van der Waals surface area contributed by atoms with Crippen molar-refractivity contribution < 1.29 is 4.90 Å². The molecule has 2 aromatic rings. The number of hydrogen-bond acceptors (Lipinski definition) is 5. The maximum atomic E-state index is 11.8. The number of aromatic nitrogens is 2. The van der Waals surface area contributed by atoms with Crippen molar-refractivity contribution in [2.75, 3.05) is 25.4 Å². The lowest BCUT2D eigenvalue weighted by Gasteiger charge is -2.23. The number of hydrogen-bond donors (Lipinski definition) is 3. The minimum absolute atomic E-state index is 0.370. The molecule has 3 heterocycles. The van der Waals surface area contributed by atoms with Crippen molar-refractivity contribution in [3.63, 3.8) is 0 Å². The normalized spacial score (nSPS) is 16.0. The maximum absolute atomic E-state index is 11.8. The lowest BCUT2D eigenvalue weighted by Crippen LogP contribution is -3.13. The fourth-order valence-corrected chi connectivity index (χ4v) is 5.23. The molecule has 0 aliphatic carbocycles. The molecule has 1 saturated heterocycles. The Balaban J connectivity index is 1.79. The first-order valence-electron chi connectivity index (χ1n) is 7.34. The molecule has 3 N–H and O–H groups in total. The van der Waals surface area contributed by atoms with E-state index in [1.807, 2.05) is 0 Å². The number of piperidine rings is 1. The van der Waals surface area contributed by atoms with Gasteiger partial charge >= 0.3 is 5.69 Å². The van der Waals surface area contributed by atoms with Gasteiger partial charge in [-0.2, -0.15) is 5.26 Å². The van der Waals surface area contributed by atoms with E-state index in [2.05, 4.69) is 16.0 Å². The first-order valence-corrected chi connectivity index (χ1v) is 9.15. The lowest BCUT2D eigenvalue weighted by atomic mass is 10.1. The number of thiophene rings is 1. The number of nitriles is 1. The number of aromatic amines is 2.